The highest BCUT2D eigenvalue weighted by atomic mass is 32.2. The average molecular weight is 491 g/mol. The Balaban J connectivity index is 1.74. The lowest BCUT2D eigenvalue weighted by Gasteiger charge is -2.25. The fraction of sp³-hybridized carbons (Fsp3) is 0.240. The molecule has 0 aromatic heterocycles. The summed E-state index contributed by atoms with van der Waals surface area (Å²) in [5.41, 5.74) is 0.415. The molecule has 5 nitrogen and oxygen atoms in total. The van der Waals surface area contributed by atoms with Crippen LogP contribution in [-0.2, 0) is 22.7 Å². The Morgan fingerprint density at radius 2 is 1.53 bits per heavy atom. The molecule has 3 rings (SSSR count). The minimum atomic E-state index is -4.71. The number of hydrogen-bond donors (Lipinski definition) is 1. The molecule has 0 radical (unpaired) electrons. The van der Waals surface area contributed by atoms with Gasteiger partial charge in [0, 0.05) is 12.1 Å². The number of alkyl halides is 3. The van der Waals surface area contributed by atoms with Gasteiger partial charge < -0.3 is 5.32 Å². The molecular weight excluding hydrogens is 465 g/mol. The summed E-state index contributed by atoms with van der Waals surface area (Å²) in [5, 5.41) is 2.86. The number of benzene rings is 3. The van der Waals surface area contributed by atoms with Crippen molar-refractivity contribution < 1.29 is 26.4 Å². The van der Waals surface area contributed by atoms with Crippen LogP contribution in [0.5, 0.6) is 0 Å². The van der Waals surface area contributed by atoms with E-state index in [1.807, 2.05) is 37.3 Å². The largest absolute Gasteiger partial charge is 0.418 e. The van der Waals surface area contributed by atoms with Crippen LogP contribution in [0.15, 0.2) is 78.9 Å². The van der Waals surface area contributed by atoms with E-state index in [0.717, 1.165) is 24.0 Å². The first-order valence-electron chi connectivity index (χ1n) is 10.5. The molecule has 1 amide bonds. The summed E-state index contributed by atoms with van der Waals surface area (Å²) in [6.07, 6.45) is -3.85. The third-order valence-corrected chi connectivity index (χ3v) is 6.48. The van der Waals surface area contributed by atoms with Crippen LogP contribution in [0.4, 0.5) is 18.9 Å². The third kappa shape index (κ3) is 6.38. The molecule has 1 atom stereocenters. The van der Waals surface area contributed by atoms with E-state index in [4.69, 9.17) is 0 Å². The molecular formula is C25H25F3N2O3S. The van der Waals surface area contributed by atoms with Gasteiger partial charge in [-0.15, -0.1) is 0 Å². The molecule has 0 unspecified atom stereocenters. The van der Waals surface area contributed by atoms with Crippen LogP contribution in [0.3, 0.4) is 0 Å². The third-order valence-electron chi connectivity index (χ3n) is 5.36. The maximum Gasteiger partial charge on any atom is 0.418 e. The van der Waals surface area contributed by atoms with E-state index in [0.29, 0.717) is 22.0 Å². The second-order valence-electron chi connectivity index (χ2n) is 8.00. The van der Waals surface area contributed by atoms with E-state index < -0.39 is 27.5 Å². The van der Waals surface area contributed by atoms with E-state index in [1.54, 1.807) is 0 Å². The topological polar surface area (TPSA) is 66.5 Å². The maximum atomic E-state index is 13.4. The van der Waals surface area contributed by atoms with Crippen molar-refractivity contribution in [1.82, 2.24) is 5.32 Å². The maximum absolute atomic E-state index is 13.4. The molecule has 0 saturated heterocycles. The van der Waals surface area contributed by atoms with Crippen molar-refractivity contribution >= 4 is 21.6 Å². The number of nitrogens with one attached hydrogen (secondary N) is 1. The molecule has 0 aliphatic carbocycles. The van der Waals surface area contributed by atoms with Crippen LogP contribution < -0.4 is 9.62 Å². The van der Waals surface area contributed by atoms with Gasteiger partial charge in [-0.2, -0.15) is 13.2 Å². The number of rotatable bonds is 8. The first-order valence-corrected chi connectivity index (χ1v) is 12.4. The quantitative estimate of drug-likeness (QED) is 0.472. The second kappa shape index (κ2) is 10.3. The van der Waals surface area contributed by atoms with Gasteiger partial charge >= 0.3 is 6.18 Å². The Morgan fingerprint density at radius 3 is 2.12 bits per heavy atom. The number of sulfonamides is 1. The Kier molecular flexibility index (Phi) is 7.66. The lowest BCUT2D eigenvalue weighted by molar-refractivity contribution is -0.137. The minimum Gasteiger partial charge on any atom is -0.351 e. The molecule has 0 spiro atoms. The van der Waals surface area contributed by atoms with E-state index in [-0.39, 0.29) is 18.4 Å². The molecule has 3 aromatic rings. The fourth-order valence-electron chi connectivity index (χ4n) is 3.49. The van der Waals surface area contributed by atoms with E-state index >= 15 is 0 Å². The number of carbonyl (C=O) groups is 1. The summed E-state index contributed by atoms with van der Waals surface area (Å²) in [7, 11) is -4.02. The zero-order chi connectivity index (χ0) is 24.9. The van der Waals surface area contributed by atoms with Gasteiger partial charge in [0.1, 0.15) is 0 Å². The van der Waals surface area contributed by atoms with Gasteiger partial charge in [0.15, 0.2) is 0 Å². The van der Waals surface area contributed by atoms with Gasteiger partial charge in [-0.25, -0.2) is 8.42 Å². The standard InChI is InChI=1S/C25H25F3N2O3S/c1-18(20-8-4-3-5-9-20)16-29-24(31)21-14-12-19(13-15-21)17-30(34(2,32)33)23-11-7-6-10-22(23)25(26,27)28/h3-15,18H,16-17H2,1-2H3,(H,29,31)/t18-/m0/s1. The molecule has 34 heavy (non-hydrogen) atoms. The lowest BCUT2D eigenvalue weighted by atomic mass is 10.0. The summed E-state index contributed by atoms with van der Waals surface area (Å²) < 4.78 is 65.8. The smallest absolute Gasteiger partial charge is 0.351 e. The highest BCUT2D eigenvalue weighted by Gasteiger charge is 2.36. The number of amides is 1. The summed E-state index contributed by atoms with van der Waals surface area (Å²) in [6, 6.07) is 20.4. The number of halogens is 3. The SMILES string of the molecule is C[C@@H](CNC(=O)c1ccc(CN(c2ccccc2C(F)(F)F)S(C)(=O)=O)cc1)c1ccccc1. The Morgan fingerprint density at radius 1 is 0.941 bits per heavy atom. The van der Waals surface area contributed by atoms with Gasteiger partial charge in [0.05, 0.1) is 24.1 Å². The van der Waals surface area contributed by atoms with Crippen molar-refractivity contribution in [3.05, 3.63) is 101 Å². The fourth-order valence-corrected chi connectivity index (χ4v) is 4.39. The molecule has 1 N–H and O–H groups in total. The zero-order valence-electron chi connectivity index (χ0n) is 18.7. The Hall–Kier alpha value is -3.33. The van der Waals surface area contributed by atoms with Gasteiger partial charge in [-0.05, 0) is 41.3 Å². The van der Waals surface area contributed by atoms with Crippen LogP contribution in [-0.4, -0.2) is 27.1 Å². The molecule has 0 heterocycles. The first-order chi connectivity index (χ1) is 16.0. The normalized spacial score (nSPS) is 12.7. The van der Waals surface area contributed by atoms with Gasteiger partial charge in [0.2, 0.25) is 10.0 Å². The molecule has 9 heteroatoms. The van der Waals surface area contributed by atoms with Crippen LogP contribution in [0.1, 0.15) is 39.9 Å². The predicted molar refractivity (Wildman–Crippen MR) is 126 cm³/mol. The number of nitrogens with zero attached hydrogens (tertiary/aromatic N) is 1. The van der Waals surface area contributed by atoms with Crippen molar-refractivity contribution in [3.63, 3.8) is 0 Å². The van der Waals surface area contributed by atoms with Gasteiger partial charge in [-0.3, -0.25) is 9.10 Å². The number of anilines is 1. The molecule has 180 valence electrons. The van der Waals surface area contributed by atoms with E-state index in [2.05, 4.69) is 5.32 Å². The van der Waals surface area contributed by atoms with Crippen LogP contribution in [0.25, 0.3) is 0 Å². The number of para-hydroxylation sites is 1. The van der Waals surface area contributed by atoms with Crippen LogP contribution >= 0.6 is 0 Å². The van der Waals surface area contributed by atoms with Crippen molar-refractivity contribution in [1.29, 1.82) is 0 Å². The number of carbonyl (C=O) groups excluding carboxylic acids is 1. The molecule has 0 bridgehead atoms. The van der Waals surface area contributed by atoms with E-state index in [1.165, 1.54) is 36.4 Å². The Labute approximate surface area is 197 Å². The molecule has 0 aliphatic rings. The number of hydrogen-bond acceptors (Lipinski definition) is 3. The second-order valence-corrected chi connectivity index (χ2v) is 9.91. The van der Waals surface area contributed by atoms with Crippen molar-refractivity contribution in [2.24, 2.45) is 0 Å². The summed E-state index contributed by atoms with van der Waals surface area (Å²) in [5.74, 6) is -0.182. The summed E-state index contributed by atoms with van der Waals surface area (Å²) in [6.45, 7) is 2.12. The van der Waals surface area contributed by atoms with Crippen LogP contribution in [0, 0.1) is 0 Å². The van der Waals surface area contributed by atoms with Gasteiger partial charge in [-0.1, -0.05) is 61.5 Å². The van der Waals surface area contributed by atoms with Crippen molar-refractivity contribution in [2.45, 2.75) is 25.6 Å². The predicted octanol–water partition coefficient (Wildman–Crippen LogP) is 5.21. The monoisotopic (exact) mass is 490 g/mol. The Bertz CT molecular complexity index is 1230. The summed E-state index contributed by atoms with van der Waals surface area (Å²) in [4.78, 5) is 12.5. The molecule has 0 saturated carbocycles. The van der Waals surface area contributed by atoms with E-state index in [9.17, 15) is 26.4 Å². The lowest BCUT2D eigenvalue weighted by Crippen LogP contribution is -2.31. The highest BCUT2D eigenvalue weighted by Crippen LogP contribution is 2.37. The molecule has 3 aromatic carbocycles. The highest BCUT2D eigenvalue weighted by molar-refractivity contribution is 7.92. The molecule has 0 fully saturated rings. The zero-order valence-corrected chi connectivity index (χ0v) is 19.5. The average Bonchev–Trinajstić information content (AvgIpc) is 2.80. The summed E-state index contributed by atoms with van der Waals surface area (Å²) >= 11 is 0. The first kappa shape index (κ1) is 25.3. The van der Waals surface area contributed by atoms with Crippen LogP contribution in [0.2, 0.25) is 0 Å². The van der Waals surface area contributed by atoms with Crippen molar-refractivity contribution in [3.8, 4) is 0 Å². The van der Waals surface area contributed by atoms with Crippen molar-refractivity contribution in [2.75, 3.05) is 17.1 Å². The minimum absolute atomic E-state index is 0.112. The molecule has 0 aliphatic heterocycles. The van der Waals surface area contributed by atoms with Gasteiger partial charge in [0.25, 0.3) is 5.91 Å².